The Morgan fingerprint density at radius 2 is 1.59 bits per heavy atom. The summed E-state index contributed by atoms with van der Waals surface area (Å²) in [6.07, 6.45) is 0. The minimum atomic E-state index is -3.71. The topological polar surface area (TPSA) is 85.7 Å². The molecule has 1 aromatic heterocycles. The van der Waals surface area contributed by atoms with Crippen LogP contribution < -0.4 is 0 Å². The third kappa shape index (κ3) is 5.13. The van der Waals surface area contributed by atoms with Crippen molar-refractivity contribution in [2.75, 3.05) is 19.7 Å². The molecule has 0 saturated carbocycles. The van der Waals surface area contributed by atoms with Gasteiger partial charge in [-0.05, 0) is 57.2 Å². The van der Waals surface area contributed by atoms with Gasteiger partial charge in [0, 0.05) is 35.7 Å². The average Bonchev–Trinajstić information content (AvgIpc) is 3.12. The van der Waals surface area contributed by atoms with Gasteiger partial charge in [0.1, 0.15) is 0 Å². The van der Waals surface area contributed by atoms with Crippen molar-refractivity contribution in [1.82, 2.24) is 8.87 Å². The van der Waals surface area contributed by atoms with Crippen molar-refractivity contribution < 1.29 is 22.7 Å². The molecule has 0 aliphatic heterocycles. The summed E-state index contributed by atoms with van der Waals surface area (Å²) < 4.78 is 34.0. The van der Waals surface area contributed by atoms with E-state index < -0.39 is 22.6 Å². The van der Waals surface area contributed by atoms with E-state index in [2.05, 4.69) is 0 Å². The van der Waals surface area contributed by atoms with Crippen molar-refractivity contribution >= 4 is 21.8 Å². The molecule has 0 saturated heterocycles. The van der Waals surface area contributed by atoms with E-state index in [1.165, 1.54) is 28.6 Å². The van der Waals surface area contributed by atoms with Crippen molar-refractivity contribution in [3.05, 3.63) is 82.7 Å². The Hall–Kier alpha value is -3.23. The van der Waals surface area contributed by atoms with Gasteiger partial charge in [0.05, 0.1) is 10.5 Å². The van der Waals surface area contributed by atoms with Gasteiger partial charge in [-0.1, -0.05) is 37.6 Å². The van der Waals surface area contributed by atoms with E-state index in [1.807, 2.05) is 49.6 Å². The normalized spacial score (nSPS) is 11.6. The summed E-state index contributed by atoms with van der Waals surface area (Å²) in [5, 5.41) is 0. The maximum Gasteiger partial charge on any atom is 0.338 e. The molecule has 0 amide bonds. The van der Waals surface area contributed by atoms with E-state index in [9.17, 15) is 18.0 Å². The number of Topliss-reactive ketones (excluding diaryl/α,β-unsaturated/α-hetero) is 1. The van der Waals surface area contributed by atoms with Gasteiger partial charge < -0.3 is 9.30 Å². The Kier molecular flexibility index (Phi) is 7.74. The highest BCUT2D eigenvalue weighted by Gasteiger charge is 2.23. The predicted molar refractivity (Wildman–Crippen MR) is 131 cm³/mol. The molecule has 3 aromatic rings. The molecule has 2 aromatic carbocycles. The average molecular weight is 483 g/mol. The number of esters is 1. The molecular weight excluding hydrogens is 452 g/mol. The highest BCUT2D eigenvalue weighted by Crippen LogP contribution is 2.22. The van der Waals surface area contributed by atoms with Crippen LogP contribution in [0.1, 0.15) is 51.5 Å². The Morgan fingerprint density at radius 3 is 2.21 bits per heavy atom. The summed E-state index contributed by atoms with van der Waals surface area (Å²) in [4.78, 5) is 25.5. The van der Waals surface area contributed by atoms with Crippen LogP contribution in [0.25, 0.3) is 5.69 Å². The number of benzene rings is 2. The number of ketones is 1. The third-order valence-electron chi connectivity index (χ3n) is 5.77. The van der Waals surface area contributed by atoms with Crippen LogP contribution in [-0.2, 0) is 14.8 Å². The number of rotatable bonds is 9. The van der Waals surface area contributed by atoms with E-state index in [4.69, 9.17) is 4.74 Å². The highest BCUT2D eigenvalue weighted by atomic mass is 32.2. The molecule has 0 unspecified atom stereocenters. The zero-order chi connectivity index (χ0) is 25.0. The number of hydrogen-bond donors (Lipinski definition) is 0. The van der Waals surface area contributed by atoms with Gasteiger partial charge in [-0.15, -0.1) is 0 Å². The van der Waals surface area contributed by atoms with Gasteiger partial charge in [0.2, 0.25) is 15.8 Å². The fraction of sp³-hybridized carbons (Fsp3) is 0.308. The number of hydrogen-bond acceptors (Lipinski definition) is 5. The summed E-state index contributed by atoms with van der Waals surface area (Å²) in [5.41, 5.74) is 4.29. The van der Waals surface area contributed by atoms with Crippen molar-refractivity contribution in [3.8, 4) is 5.69 Å². The van der Waals surface area contributed by atoms with Crippen LogP contribution in [0.15, 0.2) is 59.5 Å². The Bertz CT molecular complexity index is 1300. The lowest BCUT2D eigenvalue weighted by Crippen LogP contribution is -2.30. The minimum Gasteiger partial charge on any atom is -0.454 e. The summed E-state index contributed by atoms with van der Waals surface area (Å²) in [7, 11) is -3.71. The largest absolute Gasteiger partial charge is 0.454 e. The molecule has 3 rings (SSSR count). The Morgan fingerprint density at radius 1 is 0.941 bits per heavy atom. The second-order valence-electron chi connectivity index (χ2n) is 8.07. The smallest absolute Gasteiger partial charge is 0.338 e. The minimum absolute atomic E-state index is 0.0126. The lowest BCUT2D eigenvalue weighted by Gasteiger charge is -2.18. The molecule has 0 N–H and O–H groups in total. The summed E-state index contributed by atoms with van der Waals surface area (Å²) in [6.45, 7) is 9.48. The SMILES string of the molecule is CCN(CC)S(=O)(=O)c1cccc(C(=O)OCC(=O)c2cc(C)n(-c3ccc(C)cc3)c2C)c1. The zero-order valence-electron chi connectivity index (χ0n) is 20.2. The number of carbonyl (C=O) groups excluding carboxylic acids is 2. The van der Waals surface area contributed by atoms with Crippen LogP contribution in [0.3, 0.4) is 0 Å². The molecule has 34 heavy (non-hydrogen) atoms. The Balaban J connectivity index is 1.76. The lowest BCUT2D eigenvalue weighted by atomic mass is 10.1. The number of ether oxygens (including phenoxy) is 1. The van der Waals surface area contributed by atoms with Gasteiger partial charge in [-0.3, -0.25) is 4.79 Å². The van der Waals surface area contributed by atoms with Crippen molar-refractivity contribution in [3.63, 3.8) is 0 Å². The monoisotopic (exact) mass is 482 g/mol. The first-order chi connectivity index (χ1) is 16.1. The molecular formula is C26H30N2O5S. The summed E-state index contributed by atoms with van der Waals surface area (Å²) in [5.74, 6) is -1.08. The fourth-order valence-electron chi connectivity index (χ4n) is 3.92. The molecule has 0 aliphatic carbocycles. The van der Waals surface area contributed by atoms with Gasteiger partial charge in [-0.2, -0.15) is 4.31 Å². The second-order valence-corrected chi connectivity index (χ2v) is 10.0. The first-order valence-corrected chi connectivity index (χ1v) is 12.6. The Labute approximate surface area is 201 Å². The number of sulfonamides is 1. The van der Waals surface area contributed by atoms with Crippen LogP contribution >= 0.6 is 0 Å². The summed E-state index contributed by atoms with van der Waals surface area (Å²) in [6, 6.07) is 15.5. The molecule has 0 bridgehead atoms. The molecule has 0 spiro atoms. The van der Waals surface area contributed by atoms with E-state index in [0.717, 1.165) is 22.6 Å². The number of carbonyl (C=O) groups is 2. The van der Waals surface area contributed by atoms with Crippen LogP contribution in [-0.4, -0.2) is 48.7 Å². The molecule has 1 heterocycles. The number of aromatic nitrogens is 1. The predicted octanol–water partition coefficient (Wildman–Crippen LogP) is 4.47. The second kappa shape index (κ2) is 10.4. The molecule has 0 fully saturated rings. The van der Waals surface area contributed by atoms with E-state index in [-0.39, 0.29) is 16.2 Å². The van der Waals surface area contributed by atoms with Gasteiger partial charge in [-0.25, -0.2) is 13.2 Å². The zero-order valence-corrected chi connectivity index (χ0v) is 21.0. The third-order valence-corrected chi connectivity index (χ3v) is 7.82. The summed E-state index contributed by atoms with van der Waals surface area (Å²) >= 11 is 0. The first-order valence-electron chi connectivity index (χ1n) is 11.2. The molecule has 8 heteroatoms. The van der Waals surface area contributed by atoms with Gasteiger partial charge >= 0.3 is 5.97 Å². The van der Waals surface area contributed by atoms with Crippen LogP contribution in [0.2, 0.25) is 0 Å². The van der Waals surface area contributed by atoms with Crippen molar-refractivity contribution in [1.29, 1.82) is 0 Å². The molecule has 180 valence electrons. The maximum atomic E-state index is 12.9. The van der Waals surface area contributed by atoms with E-state index >= 15 is 0 Å². The van der Waals surface area contributed by atoms with E-state index in [1.54, 1.807) is 19.9 Å². The van der Waals surface area contributed by atoms with Crippen LogP contribution in [0.4, 0.5) is 0 Å². The first kappa shape index (κ1) is 25.4. The molecule has 0 atom stereocenters. The molecule has 7 nitrogen and oxygen atoms in total. The van der Waals surface area contributed by atoms with Gasteiger partial charge in [0.25, 0.3) is 0 Å². The number of aryl methyl sites for hydroxylation is 2. The molecule has 0 radical (unpaired) electrons. The van der Waals surface area contributed by atoms with Crippen LogP contribution in [0.5, 0.6) is 0 Å². The highest BCUT2D eigenvalue weighted by molar-refractivity contribution is 7.89. The fourth-order valence-corrected chi connectivity index (χ4v) is 5.43. The lowest BCUT2D eigenvalue weighted by molar-refractivity contribution is 0.0474. The van der Waals surface area contributed by atoms with Gasteiger partial charge in [0.15, 0.2) is 6.61 Å². The molecule has 0 aliphatic rings. The number of nitrogens with zero attached hydrogens (tertiary/aromatic N) is 2. The van der Waals surface area contributed by atoms with Crippen molar-refractivity contribution in [2.45, 2.75) is 39.5 Å². The standard InChI is InChI=1S/C26H30N2O5S/c1-6-27(7-2)34(31,32)23-10-8-9-21(16-23)26(30)33-17-25(29)24-15-19(4)28(20(24)5)22-13-11-18(3)12-14-22/h8-16H,6-7,17H2,1-5H3. The quantitative estimate of drug-likeness (QED) is 0.332. The van der Waals surface area contributed by atoms with E-state index in [0.29, 0.717) is 18.7 Å². The van der Waals surface area contributed by atoms with Crippen LogP contribution in [0, 0.1) is 20.8 Å². The maximum absolute atomic E-state index is 12.9. The van der Waals surface area contributed by atoms with Crippen molar-refractivity contribution in [2.24, 2.45) is 0 Å².